The summed E-state index contributed by atoms with van der Waals surface area (Å²) in [5, 5.41) is 30.5. The number of aliphatic hydroxyl groups excluding tert-OH is 1. The van der Waals surface area contributed by atoms with Crippen LogP contribution >= 0.6 is 34.9 Å². The molecule has 28 heavy (non-hydrogen) atoms. The molecule has 0 saturated heterocycles. The van der Waals surface area contributed by atoms with Gasteiger partial charge >= 0.3 is 0 Å². The summed E-state index contributed by atoms with van der Waals surface area (Å²) in [7, 11) is 0. The first-order valence-corrected chi connectivity index (χ1v) is 10.6. The Hall–Kier alpha value is -2.02. The molecule has 2 aromatic heterocycles. The van der Waals surface area contributed by atoms with E-state index in [0.29, 0.717) is 15.1 Å². The lowest BCUT2D eigenvalue weighted by atomic mass is 10.2. The van der Waals surface area contributed by atoms with Crippen LogP contribution in [0.3, 0.4) is 0 Å². The van der Waals surface area contributed by atoms with Gasteiger partial charge in [0.25, 0.3) is 0 Å². The summed E-state index contributed by atoms with van der Waals surface area (Å²) in [4.78, 5) is 8.73. The van der Waals surface area contributed by atoms with E-state index in [-0.39, 0.29) is 35.0 Å². The van der Waals surface area contributed by atoms with Crippen molar-refractivity contribution in [1.29, 1.82) is 0 Å². The van der Waals surface area contributed by atoms with Crippen molar-refractivity contribution >= 4 is 40.7 Å². The number of anilines is 1. The number of nitrogens with zero attached hydrogens (tertiary/aromatic N) is 4. The lowest BCUT2D eigenvalue weighted by Gasteiger charge is -2.16. The number of aliphatic hydroxyl groups is 1. The van der Waals surface area contributed by atoms with Gasteiger partial charge in [0.2, 0.25) is 5.88 Å². The van der Waals surface area contributed by atoms with Crippen LogP contribution in [-0.2, 0) is 5.75 Å². The number of hydrogen-bond acceptors (Lipinski definition) is 10. The van der Waals surface area contributed by atoms with E-state index in [4.69, 9.17) is 0 Å². The number of aromatic nitrogens is 4. The molecule has 3 aromatic rings. The molecule has 0 spiro atoms. The molecule has 148 valence electrons. The molecule has 0 aliphatic rings. The monoisotopic (exact) mass is 443 g/mol. The number of thioether (sulfide) groups is 1. The van der Waals surface area contributed by atoms with Crippen molar-refractivity contribution in [1.82, 2.24) is 20.2 Å². The number of aromatic hydroxyl groups is 1. The highest BCUT2D eigenvalue weighted by atomic mass is 32.2. The van der Waals surface area contributed by atoms with Crippen molar-refractivity contribution < 1.29 is 19.0 Å². The van der Waals surface area contributed by atoms with Gasteiger partial charge in [0.1, 0.15) is 16.2 Å². The van der Waals surface area contributed by atoms with Gasteiger partial charge in [-0.2, -0.15) is 4.98 Å². The quantitative estimate of drug-likeness (QED) is 0.356. The van der Waals surface area contributed by atoms with Gasteiger partial charge in [-0.3, -0.25) is 0 Å². The molecule has 1 aromatic carbocycles. The molecule has 12 heteroatoms. The van der Waals surface area contributed by atoms with Crippen molar-refractivity contribution in [3.63, 3.8) is 0 Å². The van der Waals surface area contributed by atoms with Crippen LogP contribution < -0.4 is 5.32 Å². The average Bonchev–Trinajstić information content (AvgIpc) is 3.19. The van der Waals surface area contributed by atoms with Gasteiger partial charge in [0.15, 0.2) is 21.1 Å². The van der Waals surface area contributed by atoms with Crippen LogP contribution in [0.5, 0.6) is 5.88 Å². The number of hydrogen-bond donors (Lipinski definition) is 3. The summed E-state index contributed by atoms with van der Waals surface area (Å²) in [5.41, 5.74) is 1.72. The second kappa shape index (κ2) is 9.45. The molecule has 0 unspecified atom stereocenters. The Morgan fingerprint density at radius 2 is 2.11 bits per heavy atom. The molecule has 2 heterocycles. The molecule has 0 saturated carbocycles. The Bertz CT molecular complexity index is 946. The smallest absolute Gasteiger partial charge is 0.231 e. The molecular formula is C16H15F2N5O2S3. The maximum absolute atomic E-state index is 13.8. The van der Waals surface area contributed by atoms with Gasteiger partial charge in [-0.05, 0) is 24.8 Å². The molecule has 0 amide bonds. The fraction of sp³-hybridized carbons (Fsp3) is 0.250. The highest BCUT2D eigenvalue weighted by Gasteiger charge is 2.19. The zero-order valence-electron chi connectivity index (χ0n) is 14.5. The third kappa shape index (κ3) is 5.07. The number of halogens is 2. The Balaban J connectivity index is 1.86. The van der Waals surface area contributed by atoms with Gasteiger partial charge in [-0.1, -0.05) is 35.2 Å². The fourth-order valence-electron chi connectivity index (χ4n) is 2.05. The number of rotatable bonds is 8. The van der Waals surface area contributed by atoms with Crippen LogP contribution in [0.2, 0.25) is 0 Å². The zero-order valence-corrected chi connectivity index (χ0v) is 16.9. The van der Waals surface area contributed by atoms with E-state index in [2.05, 4.69) is 25.5 Å². The minimum absolute atomic E-state index is 0.0842. The minimum Gasteiger partial charge on any atom is -0.492 e. The summed E-state index contributed by atoms with van der Waals surface area (Å²) in [6.07, 6.45) is 0. The van der Waals surface area contributed by atoms with E-state index in [1.807, 2.05) is 0 Å². The van der Waals surface area contributed by atoms with E-state index in [1.54, 1.807) is 12.4 Å². The maximum Gasteiger partial charge on any atom is 0.231 e. The summed E-state index contributed by atoms with van der Waals surface area (Å²) >= 11 is 3.47. The average molecular weight is 444 g/mol. The summed E-state index contributed by atoms with van der Waals surface area (Å²) in [6.45, 7) is 1.60. The van der Waals surface area contributed by atoms with E-state index in [9.17, 15) is 19.0 Å². The van der Waals surface area contributed by atoms with Gasteiger partial charge in [-0.25, -0.2) is 13.8 Å². The lowest BCUT2D eigenvalue weighted by molar-refractivity contribution is 0.281. The molecule has 3 N–H and O–H groups in total. The van der Waals surface area contributed by atoms with Crippen molar-refractivity contribution in [3.05, 3.63) is 40.9 Å². The van der Waals surface area contributed by atoms with Crippen LogP contribution in [-0.4, -0.2) is 43.0 Å². The van der Waals surface area contributed by atoms with Crippen LogP contribution in [0.1, 0.15) is 12.5 Å². The molecule has 0 radical (unpaired) electrons. The molecule has 0 aliphatic carbocycles. The number of benzene rings is 1. The molecule has 7 nitrogen and oxygen atoms in total. The maximum atomic E-state index is 13.8. The molecule has 3 rings (SSSR count). The normalized spacial score (nSPS) is 12.1. The third-order valence-corrected chi connectivity index (χ3v) is 6.16. The van der Waals surface area contributed by atoms with Gasteiger partial charge < -0.3 is 15.5 Å². The van der Waals surface area contributed by atoms with Gasteiger partial charge in [0.05, 0.1) is 6.61 Å². The first-order chi connectivity index (χ1) is 13.5. The largest absolute Gasteiger partial charge is 0.492 e. The van der Waals surface area contributed by atoms with Crippen LogP contribution in [0.4, 0.5) is 14.6 Å². The van der Waals surface area contributed by atoms with Gasteiger partial charge in [0, 0.05) is 17.4 Å². The predicted molar refractivity (Wildman–Crippen MR) is 104 cm³/mol. The molecule has 1 atom stereocenters. The third-order valence-electron chi connectivity index (χ3n) is 3.40. The molecule has 0 fully saturated rings. The second-order valence-corrected chi connectivity index (χ2v) is 8.58. The molecule has 0 aliphatic heterocycles. The minimum atomic E-state index is -0.926. The Morgan fingerprint density at radius 1 is 1.29 bits per heavy atom. The van der Waals surface area contributed by atoms with E-state index < -0.39 is 11.6 Å². The summed E-state index contributed by atoms with van der Waals surface area (Å²) in [5.74, 6) is -1.75. The van der Waals surface area contributed by atoms with Crippen molar-refractivity contribution in [3.8, 4) is 5.88 Å². The van der Waals surface area contributed by atoms with E-state index in [1.165, 1.54) is 23.5 Å². The number of nitrogens with one attached hydrogen (secondary N) is 1. The molecule has 0 bridgehead atoms. The topological polar surface area (TPSA) is 104 Å². The van der Waals surface area contributed by atoms with Crippen LogP contribution in [0.25, 0.3) is 0 Å². The Morgan fingerprint density at radius 3 is 2.82 bits per heavy atom. The highest BCUT2D eigenvalue weighted by Crippen LogP contribution is 2.40. The lowest BCUT2D eigenvalue weighted by Crippen LogP contribution is -2.21. The van der Waals surface area contributed by atoms with Crippen molar-refractivity contribution in [2.75, 3.05) is 11.9 Å². The SMILES string of the molecule is C[C@H](CO)Nc1nc(SCc2cccc(F)c2F)nc(O)c1Sc1nncs1. The summed E-state index contributed by atoms with van der Waals surface area (Å²) in [6, 6.07) is 3.60. The Labute approximate surface area is 171 Å². The van der Waals surface area contributed by atoms with E-state index >= 15 is 0 Å². The zero-order chi connectivity index (χ0) is 20.1. The van der Waals surface area contributed by atoms with E-state index in [0.717, 1.165) is 29.6 Å². The predicted octanol–water partition coefficient (Wildman–Crippen LogP) is 3.55. The van der Waals surface area contributed by atoms with Crippen LogP contribution in [0, 0.1) is 11.6 Å². The van der Waals surface area contributed by atoms with Crippen molar-refractivity contribution in [2.45, 2.75) is 33.1 Å². The Kier molecular flexibility index (Phi) is 6.99. The van der Waals surface area contributed by atoms with Crippen LogP contribution in [0.15, 0.2) is 38.1 Å². The first-order valence-electron chi connectivity index (χ1n) is 7.96. The second-order valence-electron chi connectivity index (χ2n) is 5.54. The first kappa shape index (κ1) is 20.7. The van der Waals surface area contributed by atoms with Gasteiger partial charge in [-0.15, -0.1) is 10.2 Å². The standard InChI is InChI=1S/C16H15F2N5O2S3/c1-8(5-24)20-13-12(28-16-23-19-7-27-16)14(25)22-15(21-13)26-6-9-3-2-4-10(17)11(9)18/h2-4,7-8,24H,5-6H2,1H3,(H2,20,21,22,25)/t8-/m1/s1. The van der Waals surface area contributed by atoms with Crippen molar-refractivity contribution in [2.24, 2.45) is 0 Å². The summed E-state index contributed by atoms with van der Waals surface area (Å²) < 4.78 is 27.8. The molecular weight excluding hydrogens is 428 g/mol. The fourth-order valence-corrected chi connectivity index (χ4v) is 4.32. The highest BCUT2D eigenvalue weighted by molar-refractivity contribution is 8.01.